The number of thiophene rings is 1. The van der Waals surface area contributed by atoms with Crippen LogP contribution >= 0.6 is 11.3 Å². The van der Waals surface area contributed by atoms with Crippen molar-refractivity contribution in [2.75, 3.05) is 12.4 Å². The Balaban J connectivity index is 1.69. The molecule has 2 N–H and O–H groups in total. The van der Waals surface area contributed by atoms with Crippen LogP contribution in [0.15, 0.2) is 83.8 Å². The predicted octanol–water partition coefficient (Wildman–Crippen LogP) is 7.19. The van der Waals surface area contributed by atoms with Crippen LogP contribution in [0.25, 0.3) is 20.7 Å². The van der Waals surface area contributed by atoms with Gasteiger partial charge in [0.1, 0.15) is 22.4 Å². The Hall–Kier alpha value is -5.00. The summed E-state index contributed by atoms with van der Waals surface area (Å²) in [5.74, 6) is -5.52. The number of amides is 1. The van der Waals surface area contributed by atoms with E-state index in [0.29, 0.717) is 45.0 Å². The molecule has 5 aromatic rings. The number of pyridine rings is 1. The van der Waals surface area contributed by atoms with Gasteiger partial charge in [0.15, 0.2) is 5.78 Å². The standard InChI is InChI=1S/C37H35F2N3O5S/c1-21(2)32(43)28-20-42(19-26-29(38)11-8-12-30(26)39)36-31(33(28)44)27(18-41(4)17-23-9-6-5-7-10-23)34(48-36)24-13-15-25(16-14-24)40-35(45)22(3)37(46)47/h5-16,20-22H,17-19H2,1-4H3,(H,40,45)(H,46,47). The van der Waals surface area contributed by atoms with Gasteiger partial charge in [-0.3, -0.25) is 24.1 Å². The Bertz CT molecular complexity index is 2040. The van der Waals surface area contributed by atoms with Gasteiger partial charge in [-0.15, -0.1) is 11.3 Å². The van der Waals surface area contributed by atoms with Crippen LogP contribution in [0.3, 0.4) is 0 Å². The average molecular weight is 672 g/mol. The van der Waals surface area contributed by atoms with Gasteiger partial charge < -0.3 is 15.0 Å². The van der Waals surface area contributed by atoms with E-state index in [1.807, 2.05) is 42.3 Å². The summed E-state index contributed by atoms with van der Waals surface area (Å²) in [7, 11) is 1.92. The lowest BCUT2D eigenvalue weighted by Crippen LogP contribution is -2.26. The van der Waals surface area contributed by atoms with E-state index in [0.717, 1.165) is 5.56 Å². The molecule has 5 rings (SSSR count). The van der Waals surface area contributed by atoms with Gasteiger partial charge in [0.2, 0.25) is 11.3 Å². The Morgan fingerprint density at radius 1 is 0.896 bits per heavy atom. The first-order valence-corrected chi connectivity index (χ1v) is 16.2. The molecular formula is C37H35F2N3O5S. The number of carbonyl (C=O) groups excluding carboxylic acids is 2. The Morgan fingerprint density at radius 2 is 1.54 bits per heavy atom. The average Bonchev–Trinajstić information content (AvgIpc) is 3.43. The van der Waals surface area contributed by atoms with Gasteiger partial charge >= 0.3 is 5.97 Å². The molecule has 1 amide bonds. The van der Waals surface area contributed by atoms with Gasteiger partial charge in [0.05, 0.1) is 17.5 Å². The summed E-state index contributed by atoms with van der Waals surface area (Å²) in [5.41, 5.74) is 2.08. The van der Waals surface area contributed by atoms with Crippen molar-refractivity contribution < 1.29 is 28.3 Å². The normalized spacial score (nSPS) is 12.1. The maximum absolute atomic E-state index is 14.9. The third kappa shape index (κ3) is 7.27. The van der Waals surface area contributed by atoms with Crippen molar-refractivity contribution in [3.8, 4) is 10.4 Å². The summed E-state index contributed by atoms with van der Waals surface area (Å²) in [6, 6.07) is 20.2. The summed E-state index contributed by atoms with van der Waals surface area (Å²) in [5, 5.41) is 12.1. The van der Waals surface area contributed by atoms with Gasteiger partial charge in [0, 0.05) is 41.3 Å². The van der Waals surface area contributed by atoms with Crippen LogP contribution in [-0.2, 0) is 29.2 Å². The summed E-state index contributed by atoms with van der Waals surface area (Å²) in [4.78, 5) is 54.4. The number of nitrogens with one attached hydrogen (secondary N) is 1. The third-order valence-corrected chi connectivity index (χ3v) is 9.41. The molecule has 0 saturated heterocycles. The van der Waals surface area contributed by atoms with Crippen LogP contribution in [0.2, 0.25) is 0 Å². The zero-order chi connectivity index (χ0) is 34.7. The largest absolute Gasteiger partial charge is 0.481 e. The second kappa shape index (κ2) is 14.4. The fourth-order valence-electron chi connectivity index (χ4n) is 5.43. The van der Waals surface area contributed by atoms with E-state index >= 15 is 0 Å². The number of ketones is 1. The van der Waals surface area contributed by atoms with Crippen LogP contribution in [0.5, 0.6) is 0 Å². The highest BCUT2D eigenvalue weighted by atomic mass is 32.1. The summed E-state index contributed by atoms with van der Waals surface area (Å²) < 4.78 is 31.4. The molecule has 1 unspecified atom stereocenters. The maximum Gasteiger partial charge on any atom is 0.315 e. The monoisotopic (exact) mass is 671 g/mol. The molecule has 0 bridgehead atoms. The topological polar surface area (TPSA) is 109 Å². The molecule has 0 fully saturated rings. The molecule has 0 aliphatic heterocycles. The number of carboxylic acid groups (broad SMARTS) is 1. The molecule has 11 heteroatoms. The number of hydrogen-bond donors (Lipinski definition) is 2. The molecule has 248 valence electrons. The van der Waals surface area contributed by atoms with Crippen molar-refractivity contribution in [2.45, 2.75) is 40.4 Å². The molecule has 0 aliphatic rings. The summed E-state index contributed by atoms with van der Waals surface area (Å²) in [6.45, 7) is 5.29. The van der Waals surface area contributed by atoms with Gasteiger partial charge in [-0.1, -0.05) is 62.4 Å². The third-order valence-electron chi connectivity index (χ3n) is 8.09. The Kier molecular flexibility index (Phi) is 10.3. The van der Waals surface area contributed by atoms with Crippen LogP contribution in [0.4, 0.5) is 14.5 Å². The predicted molar refractivity (Wildman–Crippen MR) is 183 cm³/mol. The Labute approximate surface area is 280 Å². The van der Waals surface area contributed by atoms with Crippen LogP contribution in [0, 0.1) is 23.5 Å². The van der Waals surface area contributed by atoms with Crippen molar-refractivity contribution in [1.82, 2.24) is 9.47 Å². The highest BCUT2D eigenvalue weighted by molar-refractivity contribution is 7.22. The van der Waals surface area contributed by atoms with E-state index in [1.54, 1.807) is 42.7 Å². The molecule has 0 radical (unpaired) electrons. The van der Waals surface area contributed by atoms with Gasteiger partial charge in [0.25, 0.3) is 0 Å². The van der Waals surface area contributed by atoms with E-state index in [9.17, 15) is 33.1 Å². The SMILES string of the molecule is CC(C)C(=O)c1cn(Cc2c(F)cccc2F)c2sc(-c3ccc(NC(=O)C(C)C(=O)O)cc3)c(CN(C)Cc3ccccc3)c2c1=O. The number of Topliss-reactive ketones (excluding diaryl/α,β-unsaturated/α-hetero) is 1. The van der Waals surface area contributed by atoms with E-state index in [4.69, 9.17) is 0 Å². The lowest BCUT2D eigenvalue weighted by molar-refractivity contribution is -0.144. The lowest BCUT2D eigenvalue weighted by atomic mass is 9.99. The zero-order valence-electron chi connectivity index (χ0n) is 26.9. The molecule has 0 saturated carbocycles. The van der Waals surface area contributed by atoms with E-state index in [2.05, 4.69) is 5.32 Å². The molecule has 2 aromatic heterocycles. The molecule has 48 heavy (non-hydrogen) atoms. The van der Waals surface area contributed by atoms with Crippen LogP contribution in [0.1, 0.15) is 47.8 Å². The van der Waals surface area contributed by atoms with Crippen LogP contribution in [-0.4, -0.2) is 39.3 Å². The second-order valence-corrected chi connectivity index (χ2v) is 13.1. The first-order valence-electron chi connectivity index (χ1n) is 15.4. The minimum absolute atomic E-state index is 0.0591. The van der Waals surface area contributed by atoms with E-state index in [1.165, 1.54) is 42.7 Å². The first-order chi connectivity index (χ1) is 22.8. The van der Waals surface area contributed by atoms with Crippen molar-refractivity contribution in [2.24, 2.45) is 11.8 Å². The maximum atomic E-state index is 14.9. The van der Waals surface area contributed by atoms with Gasteiger partial charge in [-0.05, 0) is 54.9 Å². The minimum Gasteiger partial charge on any atom is -0.481 e. The smallest absolute Gasteiger partial charge is 0.315 e. The highest BCUT2D eigenvalue weighted by Gasteiger charge is 2.26. The summed E-state index contributed by atoms with van der Waals surface area (Å²) >= 11 is 1.27. The number of benzene rings is 3. The number of rotatable bonds is 12. The fourth-order valence-corrected chi connectivity index (χ4v) is 6.72. The number of fused-ring (bicyclic) bond motifs is 1. The Morgan fingerprint density at radius 3 is 2.15 bits per heavy atom. The molecule has 3 aromatic carbocycles. The number of nitrogens with zero attached hydrogens (tertiary/aromatic N) is 2. The lowest BCUT2D eigenvalue weighted by Gasteiger charge is -2.18. The molecule has 8 nitrogen and oxygen atoms in total. The van der Waals surface area contributed by atoms with Crippen molar-refractivity contribution in [3.63, 3.8) is 0 Å². The van der Waals surface area contributed by atoms with Gasteiger partial charge in [-0.2, -0.15) is 0 Å². The number of carboxylic acids is 1. The minimum atomic E-state index is -1.24. The van der Waals surface area contributed by atoms with Crippen molar-refractivity contribution in [3.05, 3.63) is 123 Å². The zero-order valence-corrected chi connectivity index (χ0v) is 27.7. The molecule has 1 atom stereocenters. The number of carbonyl (C=O) groups is 3. The first kappa shape index (κ1) is 34.3. The second-order valence-electron chi connectivity index (χ2n) is 12.1. The highest BCUT2D eigenvalue weighted by Crippen LogP contribution is 2.39. The van der Waals surface area contributed by atoms with Crippen molar-refractivity contribution in [1.29, 1.82) is 0 Å². The summed E-state index contributed by atoms with van der Waals surface area (Å²) in [6.07, 6.45) is 1.40. The van der Waals surface area contributed by atoms with Crippen molar-refractivity contribution >= 4 is 44.9 Å². The molecular weight excluding hydrogens is 636 g/mol. The van der Waals surface area contributed by atoms with Gasteiger partial charge in [-0.25, -0.2) is 8.78 Å². The number of anilines is 1. The van der Waals surface area contributed by atoms with Crippen LogP contribution < -0.4 is 10.7 Å². The quantitative estimate of drug-likeness (QED) is 0.107. The molecule has 0 aliphatic carbocycles. The number of halogens is 2. The number of aliphatic carboxylic acids is 1. The fraction of sp³-hybridized carbons (Fsp3) is 0.243. The molecule has 2 heterocycles. The number of aromatic nitrogens is 1. The molecule has 0 spiro atoms. The van der Waals surface area contributed by atoms with E-state index < -0.39 is 40.8 Å². The number of hydrogen-bond acceptors (Lipinski definition) is 6. The van der Waals surface area contributed by atoms with E-state index in [-0.39, 0.29) is 23.5 Å².